The van der Waals surface area contributed by atoms with Gasteiger partial charge in [-0.05, 0) is 18.6 Å². The second kappa shape index (κ2) is 22.7. The van der Waals surface area contributed by atoms with Crippen molar-refractivity contribution in [3.63, 3.8) is 0 Å². The summed E-state index contributed by atoms with van der Waals surface area (Å²) in [5.41, 5.74) is 0. The summed E-state index contributed by atoms with van der Waals surface area (Å²) < 4.78 is 25.3. The maximum Gasteiger partial charge on any atom is 0.329 e. The highest BCUT2D eigenvalue weighted by Crippen LogP contribution is 2.09. The molecule has 7 nitrogen and oxygen atoms in total. The van der Waals surface area contributed by atoms with Gasteiger partial charge in [-0.3, -0.25) is 0 Å². The minimum Gasteiger partial charge on any atom is -0.480 e. The zero-order chi connectivity index (χ0) is 19.1. The summed E-state index contributed by atoms with van der Waals surface area (Å²) in [4.78, 5) is 10.2. The van der Waals surface area contributed by atoms with Crippen molar-refractivity contribution in [3.05, 3.63) is 0 Å². The minimum absolute atomic E-state index is 0.00430. The Morgan fingerprint density at radius 1 is 0.615 bits per heavy atom. The van der Waals surface area contributed by atoms with Crippen molar-refractivity contribution in [3.8, 4) is 0 Å². The average molecular weight is 397 g/mol. The lowest BCUT2D eigenvalue weighted by molar-refractivity contribution is -0.178. The third kappa shape index (κ3) is 23.6. The fourth-order valence-electron chi connectivity index (χ4n) is 2.21. The van der Waals surface area contributed by atoms with Gasteiger partial charge in [-0.15, -0.1) is 0 Å². The topological polar surface area (TPSA) is 83.5 Å². The van der Waals surface area contributed by atoms with Crippen molar-refractivity contribution in [2.45, 2.75) is 57.8 Å². The Hall–Kier alpha value is -0.380. The van der Waals surface area contributed by atoms with E-state index in [2.05, 4.69) is 17.4 Å². The molecule has 0 aromatic rings. The van der Waals surface area contributed by atoms with Crippen LogP contribution in [0.1, 0.15) is 57.8 Å². The van der Waals surface area contributed by atoms with Crippen molar-refractivity contribution in [2.24, 2.45) is 0 Å². The van der Waals surface area contributed by atoms with Crippen LogP contribution in [-0.2, 0) is 28.5 Å². The molecule has 156 valence electrons. The van der Waals surface area contributed by atoms with Gasteiger partial charge in [-0.2, -0.15) is 12.6 Å². The summed E-state index contributed by atoms with van der Waals surface area (Å²) in [6, 6.07) is 0. The number of thiol groups is 1. The van der Waals surface area contributed by atoms with E-state index in [0.29, 0.717) is 13.2 Å². The molecule has 0 bridgehead atoms. The van der Waals surface area contributed by atoms with Crippen LogP contribution in [0.25, 0.3) is 0 Å². The maximum atomic E-state index is 10.2. The second-order valence-corrected chi connectivity index (χ2v) is 6.38. The SMILES string of the molecule is O=C(O)COCOCOCOCCOCCCCCCCCCCCS. The first-order valence-corrected chi connectivity index (χ1v) is 10.1. The van der Waals surface area contributed by atoms with E-state index in [1.54, 1.807) is 0 Å². The Morgan fingerprint density at radius 3 is 1.73 bits per heavy atom. The number of rotatable bonds is 22. The van der Waals surface area contributed by atoms with E-state index in [4.69, 9.17) is 24.1 Å². The van der Waals surface area contributed by atoms with Gasteiger partial charge in [0.1, 0.15) is 20.2 Å². The predicted molar refractivity (Wildman–Crippen MR) is 103 cm³/mol. The fourth-order valence-corrected chi connectivity index (χ4v) is 2.43. The Kier molecular flexibility index (Phi) is 22.3. The third-order valence-electron chi connectivity index (χ3n) is 3.54. The summed E-state index contributed by atoms with van der Waals surface area (Å²) in [6.07, 6.45) is 11.5. The van der Waals surface area contributed by atoms with Crippen LogP contribution in [0.2, 0.25) is 0 Å². The van der Waals surface area contributed by atoms with Crippen molar-refractivity contribution in [1.29, 1.82) is 0 Å². The van der Waals surface area contributed by atoms with E-state index < -0.39 is 5.97 Å². The van der Waals surface area contributed by atoms with Crippen LogP contribution in [-0.4, -0.2) is 63.6 Å². The average Bonchev–Trinajstić information content (AvgIpc) is 2.62. The summed E-state index contributed by atoms with van der Waals surface area (Å²) >= 11 is 4.22. The van der Waals surface area contributed by atoms with E-state index in [1.165, 1.54) is 51.4 Å². The van der Waals surface area contributed by atoms with E-state index >= 15 is 0 Å². The van der Waals surface area contributed by atoms with Crippen molar-refractivity contribution < 1.29 is 33.6 Å². The number of hydrogen-bond donors (Lipinski definition) is 2. The molecule has 0 saturated carbocycles. The summed E-state index contributed by atoms with van der Waals surface area (Å²) in [5.74, 6) is -0.0219. The van der Waals surface area contributed by atoms with Gasteiger partial charge in [0.2, 0.25) is 0 Å². The molecule has 0 aromatic carbocycles. The Morgan fingerprint density at radius 2 is 1.12 bits per heavy atom. The second-order valence-electron chi connectivity index (χ2n) is 5.93. The molecule has 0 saturated heterocycles. The van der Waals surface area contributed by atoms with Crippen molar-refractivity contribution in [1.82, 2.24) is 0 Å². The molecule has 26 heavy (non-hydrogen) atoms. The molecule has 8 heteroatoms. The Balaban J connectivity index is 2.98. The molecule has 0 atom stereocenters. The molecule has 0 amide bonds. The third-order valence-corrected chi connectivity index (χ3v) is 3.86. The van der Waals surface area contributed by atoms with Crippen LogP contribution >= 0.6 is 12.6 Å². The smallest absolute Gasteiger partial charge is 0.329 e. The maximum absolute atomic E-state index is 10.2. The summed E-state index contributed by atoms with van der Waals surface area (Å²) in [5, 5.41) is 8.33. The van der Waals surface area contributed by atoms with Crippen LogP contribution in [0.4, 0.5) is 0 Å². The van der Waals surface area contributed by atoms with Gasteiger partial charge in [0.25, 0.3) is 0 Å². The lowest BCUT2D eigenvalue weighted by Crippen LogP contribution is -2.13. The molecule has 0 spiro atoms. The lowest BCUT2D eigenvalue weighted by atomic mass is 10.1. The van der Waals surface area contributed by atoms with Gasteiger partial charge in [0.15, 0.2) is 6.79 Å². The molecule has 1 N–H and O–H groups in total. The molecule has 0 aliphatic carbocycles. The number of carboxylic acid groups (broad SMARTS) is 1. The van der Waals surface area contributed by atoms with Gasteiger partial charge in [0.05, 0.1) is 13.2 Å². The number of hydrogen-bond acceptors (Lipinski definition) is 7. The number of ether oxygens (including phenoxy) is 5. The molecule has 0 rings (SSSR count). The number of carbonyl (C=O) groups is 1. The predicted octanol–water partition coefficient (Wildman–Crippen LogP) is 3.47. The van der Waals surface area contributed by atoms with Gasteiger partial charge < -0.3 is 28.8 Å². The highest BCUT2D eigenvalue weighted by molar-refractivity contribution is 7.80. The van der Waals surface area contributed by atoms with Gasteiger partial charge >= 0.3 is 5.97 Å². The monoisotopic (exact) mass is 396 g/mol. The molecule has 0 aromatic heterocycles. The molecular formula is C18H36O7S. The molecule has 0 radical (unpaired) electrons. The zero-order valence-corrected chi connectivity index (χ0v) is 16.8. The molecule has 0 unspecified atom stereocenters. The van der Waals surface area contributed by atoms with Crippen molar-refractivity contribution >= 4 is 18.6 Å². The van der Waals surface area contributed by atoms with Crippen molar-refractivity contribution in [2.75, 3.05) is 52.6 Å². The normalized spacial score (nSPS) is 11.1. The first-order valence-electron chi connectivity index (χ1n) is 9.48. The molecule has 0 heterocycles. The van der Waals surface area contributed by atoms with Crippen LogP contribution in [0, 0.1) is 0 Å². The Labute approximate surface area is 163 Å². The first kappa shape index (κ1) is 25.6. The van der Waals surface area contributed by atoms with E-state index in [0.717, 1.165) is 18.8 Å². The first-order chi connectivity index (χ1) is 12.8. The number of aliphatic carboxylic acids is 1. The molecular weight excluding hydrogens is 360 g/mol. The molecule has 0 fully saturated rings. The van der Waals surface area contributed by atoms with Gasteiger partial charge in [-0.25, -0.2) is 4.79 Å². The molecule has 0 aliphatic rings. The number of unbranched alkanes of at least 4 members (excludes halogenated alkanes) is 8. The van der Waals surface area contributed by atoms with Crippen LogP contribution in [0.15, 0.2) is 0 Å². The summed E-state index contributed by atoms with van der Waals surface area (Å²) in [6.45, 7) is 1.40. The standard InChI is InChI=1S/C18H36O7S/c19-18(20)14-23-16-25-17-24-15-22-12-11-21-10-8-6-4-2-1-3-5-7-9-13-26/h26H,1-17H2,(H,19,20). The van der Waals surface area contributed by atoms with Gasteiger partial charge in [0, 0.05) is 6.61 Å². The van der Waals surface area contributed by atoms with E-state index in [9.17, 15) is 4.79 Å². The lowest BCUT2D eigenvalue weighted by Gasteiger charge is -2.07. The van der Waals surface area contributed by atoms with E-state index in [-0.39, 0.29) is 27.0 Å². The quantitative estimate of drug-likeness (QED) is 0.165. The summed E-state index contributed by atoms with van der Waals surface area (Å²) in [7, 11) is 0. The largest absolute Gasteiger partial charge is 0.480 e. The van der Waals surface area contributed by atoms with Crippen LogP contribution < -0.4 is 0 Å². The minimum atomic E-state index is -1.03. The van der Waals surface area contributed by atoms with Crippen LogP contribution in [0.5, 0.6) is 0 Å². The van der Waals surface area contributed by atoms with Crippen LogP contribution in [0.3, 0.4) is 0 Å². The van der Waals surface area contributed by atoms with E-state index in [1.807, 2.05) is 0 Å². The van der Waals surface area contributed by atoms with Gasteiger partial charge in [-0.1, -0.05) is 44.9 Å². The highest BCUT2D eigenvalue weighted by Gasteiger charge is 1.96. The molecule has 0 aliphatic heterocycles. The Bertz CT molecular complexity index is 293. The fraction of sp³-hybridized carbons (Fsp3) is 0.944. The highest BCUT2D eigenvalue weighted by atomic mass is 32.1. The number of carboxylic acids is 1. The zero-order valence-electron chi connectivity index (χ0n) is 15.9.